The van der Waals surface area contributed by atoms with Gasteiger partial charge in [0.1, 0.15) is 0 Å². The van der Waals surface area contributed by atoms with Gasteiger partial charge in [-0.05, 0) is 44.2 Å². The second-order valence-electron chi connectivity index (χ2n) is 5.60. The summed E-state index contributed by atoms with van der Waals surface area (Å²) in [6.07, 6.45) is 11.5. The molecule has 1 fully saturated rings. The Bertz CT molecular complexity index is 136. The lowest BCUT2D eigenvalue weighted by Crippen LogP contribution is -2.25. The fourth-order valence-electron chi connectivity index (χ4n) is 2.50. The van der Waals surface area contributed by atoms with Gasteiger partial charge in [-0.1, -0.05) is 46.0 Å². The Morgan fingerprint density at radius 1 is 1.07 bits per heavy atom. The molecule has 0 radical (unpaired) electrons. The van der Waals surface area contributed by atoms with E-state index in [2.05, 4.69) is 19.2 Å². The number of unbranched alkanes of at least 4 members (excludes halogenated alkanes) is 1. The minimum Gasteiger partial charge on any atom is -0.316 e. The van der Waals surface area contributed by atoms with Crippen LogP contribution in [0.5, 0.6) is 0 Å². The fraction of sp³-hybridized carbons (Fsp3) is 1.00. The number of hydrogen-bond donors (Lipinski definition) is 1. The van der Waals surface area contributed by atoms with Gasteiger partial charge in [-0.25, -0.2) is 0 Å². The maximum Gasteiger partial charge on any atom is -0.00205 e. The molecule has 1 rings (SSSR count). The molecule has 0 amide bonds. The van der Waals surface area contributed by atoms with Gasteiger partial charge in [0.15, 0.2) is 0 Å². The first kappa shape index (κ1) is 13.0. The van der Waals surface area contributed by atoms with Crippen molar-refractivity contribution in [3.63, 3.8) is 0 Å². The van der Waals surface area contributed by atoms with E-state index in [0.29, 0.717) is 0 Å². The third kappa shape index (κ3) is 6.94. The first-order valence-electron chi connectivity index (χ1n) is 6.99. The number of rotatable bonds is 7. The predicted molar refractivity (Wildman–Crippen MR) is 68.1 cm³/mol. The lowest BCUT2D eigenvalue weighted by atomic mass is 9.89. The molecule has 0 aliphatic heterocycles. The summed E-state index contributed by atoms with van der Waals surface area (Å²) in [4.78, 5) is 0. The Balaban J connectivity index is 1.83. The average molecular weight is 211 g/mol. The van der Waals surface area contributed by atoms with Gasteiger partial charge < -0.3 is 5.32 Å². The zero-order valence-corrected chi connectivity index (χ0v) is 10.7. The van der Waals surface area contributed by atoms with Crippen LogP contribution in [-0.2, 0) is 0 Å². The summed E-state index contributed by atoms with van der Waals surface area (Å²) in [5, 5.41) is 3.63. The molecule has 90 valence electrons. The van der Waals surface area contributed by atoms with Gasteiger partial charge in [0, 0.05) is 0 Å². The summed E-state index contributed by atoms with van der Waals surface area (Å²) in [5.41, 5.74) is 0. The zero-order valence-electron chi connectivity index (χ0n) is 10.7. The van der Waals surface area contributed by atoms with Crippen molar-refractivity contribution < 1.29 is 0 Å². The molecule has 0 heterocycles. The number of nitrogens with one attached hydrogen (secondary N) is 1. The van der Waals surface area contributed by atoms with Gasteiger partial charge >= 0.3 is 0 Å². The summed E-state index contributed by atoms with van der Waals surface area (Å²) in [6.45, 7) is 7.15. The van der Waals surface area contributed by atoms with E-state index in [0.717, 1.165) is 11.8 Å². The first-order chi connectivity index (χ1) is 7.29. The monoisotopic (exact) mass is 211 g/mol. The zero-order chi connectivity index (χ0) is 10.9. The van der Waals surface area contributed by atoms with E-state index < -0.39 is 0 Å². The summed E-state index contributed by atoms with van der Waals surface area (Å²) in [6, 6.07) is 0. The minimum atomic E-state index is 0.878. The Hall–Kier alpha value is -0.0400. The lowest BCUT2D eigenvalue weighted by molar-refractivity contribution is 0.341. The molecule has 0 aromatic rings. The van der Waals surface area contributed by atoms with E-state index in [1.165, 1.54) is 64.5 Å². The quantitative estimate of drug-likeness (QED) is 0.628. The highest BCUT2D eigenvalue weighted by Gasteiger charge is 2.12. The third-order valence-corrected chi connectivity index (χ3v) is 3.54. The molecule has 0 atom stereocenters. The Morgan fingerprint density at radius 3 is 2.47 bits per heavy atom. The van der Waals surface area contributed by atoms with Crippen molar-refractivity contribution in [2.24, 2.45) is 11.8 Å². The molecule has 1 aliphatic carbocycles. The highest BCUT2D eigenvalue weighted by Crippen LogP contribution is 2.22. The van der Waals surface area contributed by atoms with Crippen molar-refractivity contribution in [3.8, 4) is 0 Å². The Kier molecular flexibility index (Phi) is 7.08. The van der Waals surface area contributed by atoms with E-state index in [9.17, 15) is 0 Å². The third-order valence-electron chi connectivity index (χ3n) is 3.54. The van der Waals surface area contributed by atoms with Crippen LogP contribution >= 0.6 is 0 Å². The van der Waals surface area contributed by atoms with Crippen LogP contribution in [0.2, 0.25) is 0 Å². The van der Waals surface area contributed by atoms with Crippen LogP contribution in [0.1, 0.15) is 65.2 Å². The molecule has 0 aromatic carbocycles. The van der Waals surface area contributed by atoms with Gasteiger partial charge in [0.05, 0.1) is 0 Å². The standard InChI is InChI=1S/C14H29N/c1-13(2)8-6-7-11-15-12-14-9-4-3-5-10-14/h13-15H,3-12H2,1-2H3. The molecule has 0 unspecified atom stereocenters. The first-order valence-corrected chi connectivity index (χ1v) is 6.99. The molecular formula is C14H29N. The minimum absolute atomic E-state index is 0.878. The van der Waals surface area contributed by atoms with Crippen LogP contribution in [0.3, 0.4) is 0 Å². The van der Waals surface area contributed by atoms with Crippen LogP contribution in [0.25, 0.3) is 0 Å². The highest BCUT2D eigenvalue weighted by molar-refractivity contribution is 4.67. The Morgan fingerprint density at radius 2 is 1.80 bits per heavy atom. The van der Waals surface area contributed by atoms with E-state index in [4.69, 9.17) is 0 Å². The van der Waals surface area contributed by atoms with Crippen molar-refractivity contribution in [2.75, 3.05) is 13.1 Å². The molecular weight excluding hydrogens is 182 g/mol. The summed E-state index contributed by atoms with van der Waals surface area (Å²) < 4.78 is 0. The van der Waals surface area contributed by atoms with Gasteiger partial charge in [0.25, 0.3) is 0 Å². The highest BCUT2D eigenvalue weighted by atomic mass is 14.9. The van der Waals surface area contributed by atoms with Crippen molar-refractivity contribution in [3.05, 3.63) is 0 Å². The maximum absolute atomic E-state index is 3.63. The summed E-state index contributed by atoms with van der Waals surface area (Å²) in [5.74, 6) is 1.87. The second kappa shape index (κ2) is 8.15. The fourth-order valence-corrected chi connectivity index (χ4v) is 2.50. The van der Waals surface area contributed by atoms with E-state index >= 15 is 0 Å². The topological polar surface area (TPSA) is 12.0 Å². The molecule has 0 spiro atoms. The van der Waals surface area contributed by atoms with Crippen molar-refractivity contribution in [2.45, 2.75) is 65.2 Å². The van der Waals surface area contributed by atoms with Crippen molar-refractivity contribution >= 4 is 0 Å². The second-order valence-corrected chi connectivity index (χ2v) is 5.60. The largest absolute Gasteiger partial charge is 0.316 e. The van der Waals surface area contributed by atoms with E-state index in [1.54, 1.807) is 0 Å². The summed E-state index contributed by atoms with van der Waals surface area (Å²) in [7, 11) is 0. The molecule has 1 saturated carbocycles. The molecule has 1 aliphatic rings. The van der Waals surface area contributed by atoms with Crippen molar-refractivity contribution in [1.29, 1.82) is 0 Å². The van der Waals surface area contributed by atoms with Crippen LogP contribution < -0.4 is 5.32 Å². The predicted octanol–water partition coefficient (Wildman–Crippen LogP) is 3.98. The van der Waals surface area contributed by atoms with Crippen LogP contribution in [0, 0.1) is 11.8 Å². The van der Waals surface area contributed by atoms with Gasteiger partial charge in [0.2, 0.25) is 0 Å². The van der Waals surface area contributed by atoms with Crippen molar-refractivity contribution in [1.82, 2.24) is 5.32 Å². The molecule has 0 aromatic heterocycles. The molecule has 1 heteroatoms. The SMILES string of the molecule is CC(C)CCCCNCC1CCCCC1. The average Bonchev–Trinajstić information content (AvgIpc) is 2.24. The maximum atomic E-state index is 3.63. The van der Waals surface area contributed by atoms with Gasteiger partial charge in [-0.15, -0.1) is 0 Å². The van der Waals surface area contributed by atoms with E-state index in [1.807, 2.05) is 0 Å². The van der Waals surface area contributed by atoms with E-state index in [-0.39, 0.29) is 0 Å². The number of hydrogen-bond acceptors (Lipinski definition) is 1. The summed E-state index contributed by atoms with van der Waals surface area (Å²) >= 11 is 0. The molecule has 15 heavy (non-hydrogen) atoms. The molecule has 1 N–H and O–H groups in total. The molecule has 0 bridgehead atoms. The van der Waals surface area contributed by atoms with Crippen LogP contribution in [0.4, 0.5) is 0 Å². The molecule has 1 nitrogen and oxygen atoms in total. The lowest BCUT2D eigenvalue weighted by Gasteiger charge is -2.21. The van der Waals surface area contributed by atoms with Gasteiger partial charge in [-0.2, -0.15) is 0 Å². The molecule has 0 saturated heterocycles. The smallest absolute Gasteiger partial charge is 0.00205 e. The van der Waals surface area contributed by atoms with Gasteiger partial charge in [-0.3, -0.25) is 0 Å². The normalized spacial score (nSPS) is 18.6. The van der Waals surface area contributed by atoms with Crippen LogP contribution in [0.15, 0.2) is 0 Å². The Labute approximate surface area is 96.0 Å². The van der Waals surface area contributed by atoms with Crippen LogP contribution in [-0.4, -0.2) is 13.1 Å².